The van der Waals surface area contributed by atoms with Crippen molar-refractivity contribution in [2.24, 2.45) is 0 Å². The Balaban J connectivity index is 1.75. The van der Waals surface area contributed by atoms with Gasteiger partial charge in [-0.1, -0.05) is 0 Å². The summed E-state index contributed by atoms with van der Waals surface area (Å²) in [6.07, 6.45) is 5.61. The van der Waals surface area contributed by atoms with Gasteiger partial charge in [-0.15, -0.1) is 11.3 Å². The Bertz CT molecular complexity index is 626. The zero-order chi connectivity index (χ0) is 13.2. The van der Waals surface area contributed by atoms with Gasteiger partial charge in [-0.05, 0) is 38.7 Å². The number of aryl methyl sites for hydroxylation is 2. The Morgan fingerprint density at radius 2 is 2.42 bits per heavy atom. The molecule has 102 valence electrons. The Labute approximate surface area is 115 Å². The first-order valence-electron chi connectivity index (χ1n) is 6.83. The number of aromatic nitrogens is 2. The van der Waals surface area contributed by atoms with Crippen LogP contribution in [0.25, 0.3) is 10.2 Å². The minimum atomic E-state index is -0.0195. The van der Waals surface area contributed by atoms with Gasteiger partial charge in [0, 0.05) is 17.9 Å². The molecule has 4 nitrogen and oxygen atoms in total. The van der Waals surface area contributed by atoms with Crippen LogP contribution in [0.5, 0.6) is 0 Å². The maximum atomic E-state index is 11.9. The van der Waals surface area contributed by atoms with Crippen molar-refractivity contribution in [1.29, 1.82) is 0 Å². The Kier molecular flexibility index (Phi) is 3.66. The molecule has 0 bridgehead atoms. The molecule has 2 aromatic rings. The van der Waals surface area contributed by atoms with Gasteiger partial charge in [0.2, 0.25) is 0 Å². The topological polar surface area (TPSA) is 55.0 Å². The number of aromatic amines is 1. The van der Waals surface area contributed by atoms with Crippen LogP contribution in [0.15, 0.2) is 10.9 Å². The number of fused-ring (bicyclic) bond motifs is 1. The maximum Gasteiger partial charge on any atom is 0.259 e. The smallest absolute Gasteiger partial charge is 0.259 e. The van der Waals surface area contributed by atoms with E-state index >= 15 is 0 Å². The number of nitrogens with one attached hydrogen (secondary N) is 1. The molecule has 1 atom stereocenters. The number of hydrogen-bond acceptors (Lipinski definition) is 4. The summed E-state index contributed by atoms with van der Waals surface area (Å²) in [5.74, 6) is 0.786. The zero-order valence-corrected chi connectivity index (χ0v) is 11.9. The second kappa shape index (κ2) is 5.43. The van der Waals surface area contributed by atoms with Crippen LogP contribution < -0.4 is 5.56 Å². The molecule has 0 aromatic carbocycles. The second-order valence-corrected chi connectivity index (χ2v) is 6.35. The lowest BCUT2D eigenvalue weighted by atomic mass is 10.0. The van der Waals surface area contributed by atoms with E-state index in [1.165, 1.54) is 12.8 Å². The van der Waals surface area contributed by atoms with Crippen LogP contribution in [0.4, 0.5) is 0 Å². The molecule has 19 heavy (non-hydrogen) atoms. The summed E-state index contributed by atoms with van der Waals surface area (Å²) in [5, 5.41) is 0.708. The fraction of sp³-hybridized carbons (Fsp3) is 0.571. The monoisotopic (exact) mass is 278 g/mol. The third-order valence-corrected chi connectivity index (χ3v) is 4.50. The molecule has 3 rings (SSSR count). The van der Waals surface area contributed by atoms with Crippen molar-refractivity contribution in [2.45, 2.75) is 45.1 Å². The van der Waals surface area contributed by atoms with E-state index in [0.717, 1.165) is 41.4 Å². The number of hydrogen-bond donors (Lipinski definition) is 1. The highest BCUT2D eigenvalue weighted by molar-refractivity contribution is 7.18. The van der Waals surface area contributed by atoms with Crippen molar-refractivity contribution in [2.75, 3.05) is 6.61 Å². The van der Waals surface area contributed by atoms with E-state index in [1.54, 1.807) is 11.3 Å². The normalized spacial score (nSPS) is 19.9. The average molecular weight is 278 g/mol. The lowest BCUT2D eigenvalue weighted by Gasteiger charge is -2.22. The van der Waals surface area contributed by atoms with Crippen molar-refractivity contribution in [3.8, 4) is 0 Å². The summed E-state index contributed by atoms with van der Waals surface area (Å²) in [4.78, 5) is 21.4. The molecule has 5 heteroatoms. The fourth-order valence-electron chi connectivity index (χ4n) is 2.55. The molecule has 1 fully saturated rings. The van der Waals surface area contributed by atoms with Crippen molar-refractivity contribution in [3.63, 3.8) is 0 Å². The van der Waals surface area contributed by atoms with Crippen molar-refractivity contribution >= 4 is 21.6 Å². The molecular formula is C14H18N2O2S. The first-order chi connectivity index (χ1) is 9.22. The van der Waals surface area contributed by atoms with Gasteiger partial charge in [0.25, 0.3) is 5.56 Å². The first kappa shape index (κ1) is 12.8. The molecular weight excluding hydrogens is 260 g/mol. The van der Waals surface area contributed by atoms with E-state index in [1.807, 2.05) is 13.0 Å². The minimum Gasteiger partial charge on any atom is -0.378 e. The summed E-state index contributed by atoms with van der Waals surface area (Å²) in [6, 6.07) is 1.90. The Hall–Kier alpha value is -1.20. The summed E-state index contributed by atoms with van der Waals surface area (Å²) >= 11 is 1.58. The van der Waals surface area contributed by atoms with Gasteiger partial charge in [0.05, 0.1) is 11.5 Å². The van der Waals surface area contributed by atoms with Gasteiger partial charge in [0.1, 0.15) is 10.7 Å². The molecule has 1 unspecified atom stereocenters. The quantitative estimate of drug-likeness (QED) is 0.939. The van der Waals surface area contributed by atoms with E-state index in [-0.39, 0.29) is 5.56 Å². The number of thiophene rings is 1. The van der Waals surface area contributed by atoms with E-state index < -0.39 is 0 Å². The van der Waals surface area contributed by atoms with Gasteiger partial charge in [0.15, 0.2) is 0 Å². The van der Waals surface area contributed by atoms with Crippen LogP contribution in [0.2, 0.25) is 0 Å². The summed E-state index contributed by atoms with van der Waals surface area (Å²) in [7, 11) is 0. The molecule has 0 saturated carbocycles. The number of nitrogens with zero attached hydrogens (tertiary/aromatic N) is 1. The largest absolute Gasteiger partial charge is 0.378 e. The predicted molar refractivity (Wildman–Crippen MR) is 76.9 cm³/mol. The van der Waals surface area contributed by atoms with Crippen LogP contribution in [0, 0.1) is 6.92 Å². The van der Waals surface area contributed by atoms with Gasteiger partial charge in [-0.25, -0.2) is 4.98 Å². The average Bonchev–Trinajstić information content (AvgIpc) is 2.79. The molecule has 1 saturated heterocycles. The van der Waals surface area contributed by atoms with Gasteiger partial charge in [-0.2, -0.15) is 0 Å². The number of ether oxygens (including phenoxy) is 1. The SMILES string of the molecule is Cc1cc2c(=O)[nH]c(CCC3CCCCO3)nc2s1. The summed E-state index contributed by atoms with van der Waals surface area (Å²) in [6.45, 7) is 2.87. The number of rotatable bonds is 3. The van der Waals surface area contributed by atoms with E-state index in [2.05, 4.69) is 9.97 Å². The van der Waals surface area contributed by atoms with Crippen molar-refractivity contribution < 1.29 is 4.74 Å². The molecule has 2 aromatic heterocycles. The van der Waals surface area contributed by atoms with E-state index in [9.17, 15) is 4.79 Å². The summed E-state index contributed by atoms with van der Waals surface area (Å²) in [5.41, 5.74) is -0.0195. The third kappa shape index (κ3) is 2.87. The van der Waals surface area contributed by atoms with Crippen molar-refractivity contribution in [1.82, 2.24) is 9.97 Å². The molecule has 0 spiro atoms. The van der Waals surface area contributed by atoms with Crippen LogP contribution >= 0.6 is 11.3 Å². The van der Waals surface area contributed by atoms with Crippen molar-refractivity contribution in [3.05, 3.63) is 27.1 Å². The van der Waals surface area contributed by atoms with Gasteiger partial charge in [-0.3, -0.25) is 4.79 Å². The molecule has 3 heterocycles. The Morgan fingerprint density at radius 1 is 1.53 bits per heavy atom. The van der Waals surface area contributed by atoms with E-state index in [0.29, 0.717) is 11.5 Å². The van der Waals surface area contributed by atoms with Crippen LogP contribution in [0.1, 0.15) is 36.4 Å². The van der Waals surface area contributed by atoms with Crippen LogP contribution in [-0.4, -0.2) is 22.7 Å². The highest BCUT2D eigenvalue weighted by atomic mass is 32.1. The van der Waals surface area contributed by atoms with Crippen LogP contribution in [-0.2, 0) is 11.2 Å². The molecule has 1 N–H and O–H groups in total. The lowest BCUT2D eigenvalue weighted by molar-refractivity contribution is 0.0112. The molecule has 0 aliphatic carbocycles. The third-order valence-electron chi connectivity index (χ3n) is 3.55. The minimum absolute atomic E-state index is 0.0195. The Morgan fingerprint density at radius 3 is 3.21 bits per heavy atom. The van der Waals surface area contributed by atoms with Crippen LogP contribution in [0.3, 0.4) is 0 Å². The first-order valence-corrected chi connectivity index (χ1v) is 7.65. The van der Waals surface area contributed by atoms with Gasteiger partial charge < -0.3 is 9.72 Å². The molecule has 0 amide bonds. The molecule has 1 aliphatic rings. The number of H-pyrrole nitrogens is 1. The lowest BCUT2D eigenvalue weighted by Crippen LogP contribution is -2.20. The molecule has 0 radical (unpaired) electrons. The highest BCUT2D eigenvalue weighted by Crippen LogP contribution is 2.21. The maximum absolute atomic E-state index is 11.9. The predicted octanol–water partition coefficient (Wildman–Crippen LogP) is 2.79. The fourth-order valence-corrected chi connectivity index (χ4v) is 3.45. The standard InChI is InChI=1S/C14H18N2O2S/c1-9-8-11-13(17)15-12(16-14(11)19-9)6-5-10-4-2-3-7-18-10/h8,10H,2-7H2,1H3,(H,15,16,17). The second-order valence-electron chi connectivity index (χ2n) is 5.12. The zero-order valence-electron chi connectivity index (χ0n) is 11.1. The van der Waals surface area contributed by atoms with Gasteiger partial charge >= 0.3 is 0 Å². The molecule has 1 aliphatic heterocycles. The summed E-state index contributed by atoms with van der Waals surface area (Å²) < 4.78 is 5.70. The highest BCUT2D eigenvalue weighted by Gasteiger charge is 2.15. The van der Waals surface area contributed by atoms with E-state index in [4.69, 9.17) is 4.74 Å².